The molecule has 0 unspecified atom stereocenters. The number of rotatable bonds is 9. The third-order valence-electron chi connectivity index (χ3n) is 3.14. The highest BCUT2D eigenvalue weighted by atomic mass is 16.1. The van der Waals surface area contributed by atoms with Crippen LogP contribution in [0, 0.1) is 5.92 Å². The summed E-state index contributed by atoms with van der Waals surface area (Å²) in [6, 6.07) is 0. The van der Waals surface area contributed by atoms with Crippen LogP contribution in [-0.4, -0.2) is 5.78 Å². The van der Waals surface area contributed by atoms with E-state index < -0.39 is 0 Å². The maximum atomic E-state index is 11.7. The molecule has 0 aromatic heterocycles. The summed E-state index contributed by atoms with van der Waals surface area (Å²) in [7, 11) is 0. The molecule has 0 aliphatic carbocycles. The number of carbonyl (C=O) groups excluding carboxylic acids is 1. The van der Waals surface area contributed by atoms with Crippen LogP contribution in [0.1, 0.15) is 73.6 Å². The van der Waals surface area contributed by atoms with Crippen LogP contribution in [0.3, 0.4) is 0 Å². The van der Waals surface area contributed by atoms with Gasteiger partial charge in [0, 0.05) is 6.42 Å². The average Bonchev–Trinajstić information content (AvgIpc) is 2.26. The summed E-state index contributed by atoms with van der Waals surface area (Å²) in [4.78, 5) is 11.7. The average molecular weight is 276 g/mol. The topological polar surface area (TPSA) is 17.1 Å². The van der Waals surface area contributed by atoms with Crippen LogP contribution in [-0.2, 0) is 4.79 Å². The molecular formula is C19H32O. The highest BCUT2D eigenvalue weighted by molar-refractivity contribution is 5.90. The molecule has 0 radical (unpaired) electrons. The molecule has 0 aliphatic heterocycles. The Morgan fingerprint density at radius 3 is 2.00 bits per heavy atom. The van der Waals surface area contributed by atoms with Gasteiger partial charge in [0.25, 0.3) is 0 Å². The normalized spacial score (nSPS) is 12.8. The highest BCUT2D eigenvalue weighted by Gasteiger charge is 2.02. The first-order valence-electron chi connectivity index (χ1n) is 7.80. The second-order valence-corrected chi connectivity index (χ2v) is 6.46. The van der Waals surface area contributed by atoms with Gasteiger partial charge in [0.1, 0.15) is 0 Å². The molecule has 0 bridgehead atoms. The standard InChI is InChI=1S/C19H32O/c1-15(2)9-7-10-17(5)11-8-12-18(6)14-19(20)13-16(3)4/h9,11,14,16H,7-8,10,12-13H2,1-6H3. The molecule has 0 aromatic carbocycles. The van der Waals surface area contributed by atoms with E-state index in [0.29, 0.717) is 12.3 Å². The lowest BCUT2D eigenvalue weighted by atomic mass is 10.0. The molecule has 0 aromatic rings. The Hall–Kier alpha value is -1.11. The number of ketones is 1. The van der Waals surface area contributed by atoms with Crippen molar-refractivity contribution in [2.45, 2.75) is 73.6 Å². The number of carbonyl (C=O) groups is 1. The summed E-state index contributed by atoms with van der Waals surface area (Å²) < 4.78 is 0. The maximum Gasteiger partial charge on any atom is 0.155 e. The highest BCUT2D eigenvalue weighted by Crippen LogP contribution is 2.12. The summed E-state index contributed by atoms with van der Waals surface area (Å²) >= 11 is 0. The van der Waals surface area contributed by atoms with E-state index in [1.165, 1.54) is 16.7 Å². The summed E-state index contributed by atoms with van der Waals surface area (Å²) in [6.07, 6.45) is 11.4. The molecule has 0 saturated heterocycles. The predicted octanol–water partition coefficient (Wildman–Crippen LogP) is 6.02. The van der Waals surface area contributed by atoms with Gasteiger partial charge in [-0.15, -0.1) is 0 Å². The van der Waals surface area contributed by atoms with Crippen molar-refractivity contribution in [3.05, 3.63) is 34.9 Å². The Morgan fingerprint density at radius 1 is 0.900 bits per heavy atom. The SMILES string of the molecule is CC(C)=CCCC(C)=CCCC(C)=CC(=O)CC(C)C. The first kappa shape index (κ1) is 18.9. The van der Waals surface area contributed by atoms with Gasteiger partial charge in [-0.05, 0) is 65.4 Å². The second-order valence-electron chi connectivity index (χ2n) is 6.46. The number of hydrogen-bond donors (Lipinski definition) is 0. The van der Waals surface area contributed by atoms with Crippen LogP contribution in [0.15, 0.2) is 34.9 Å². The van der Waals surface area contributed by atoms with Crippen LogP contribution >= 0.6 is 0 Å². The van der Waals surface area contributed by atoms with E-state index in [1.807, 2.05) is 6.08 Å². The largest absolute Gasteiger partial charge is 0.295 e. The zero-order valence-corrected chi connectivity index (χ0v) is 14.3. The minimum atomic E-state index is 0.266. The van der Waals surface area contributed by atoms with Crippen LogP contribution in [0.5, 0.6) is 0 Å². The molecule has 0 spiro atoms. The molecule has 0 heterocycles. The molecule has 1 heteroatoms. The maximum absolute atomic E-state index is 11.7. The molecule has 0 N–H and O–H groups in total. The van der Waals surface area contributed by atoms with Crippen molar-refractivity contribution in [3.63, 3.8) is 0 Å². The first-order chi connectivity index (χ1) is 9.31. The zero-order chi connectivity index (χ0) is 15.5. The molecule has 0 rings (SSSR count). The molecule has 0 fully saturated rings. The monoisotopic (exact) mass is 276 g/mol. The van der Waals surface area contributed by atoms with Crippen molar-refractivity contribution in [3.8, 4) is 0 Å². The predicted molar refractivity (Wildman–Crippen MR) is 89.9 cm³/mol. The fourth-order valence-electron chi connectivity index (χ4n) is 2.05. The Labute approximate surface area is 125 Å². The van der Waals surface area contributed by atoms with E-state index in [-0.39, 0.29) is 5.78 Å². The molecule has 20 heavy (non-hydrogen) atoms. The van der Waals surface area contributed by atoms with Crippen LogP contribution in [0.25, 0.3) is 0 Å². The summed E-state index contributed by atoms with van der Waals surface area (Å²) in [5.41, 5.74) is 4.04. The smallest absolute Gasteiger partial charge is 0.155 e. The van der Waals surface area contributed by atoms with E-state index in [9.17, 15) is 4.79 Å². The summed E-state index contributed by atoms with van der Waals surface area (Å²) in [6.45, 7) is 12.7. The molecule has 1 nitrogen and oxygen atoms in total. The van der Waals surface area contributed by atoms with Gasteiger partial charge in [-0.2, -0.15) is 0 Å². The van der Waals surface area contributed by atoms with E-state index >= 15 is 0 Å². The van der Waals surface area contributed by atoms with Gasteiger partial charge < -0.3 is 0 Å². The fourth-order valence-corrected chi connectivity index (χ4v) is 2.05. The van der Waals surface area contributed by atoms with E-state index in [1.54, 1.807) is 0 Å². The number of allylic oxidation sites excluding steroid dienone is 6. The van der Waals surface area contributed by atoms with Crippen molar-refractivity contribution in [1.29, 1.82) is 0 Å². The minimum Gasteiger partial charge on any atom is -0.295 e. The zero-order valence-electron chi connectivity index (χ0n) is 14.3. The minimum absolute atomic E-state index is 0.266. The summed E-state index contributed by atoms with van der Waals surface area (Å²) in [5.74, 6) is 0.713. The lowest BCUT2D eigenvalue weighted by molar-refractivity contribution is -0.115. The van der Waals surface area contributed by atoms with Crippen molar-refractivity contribution in [2.24, 2.45) is 5.92 Å². The molecule has 114 valence electrons. The van der Waals surface area contributed by atoms with Gasteiger partial charge in [0.15, 0.2) is 5.78 Å². The molecule has 0 atom stereocenters. The third kappa shape index (κ3) is 12.0. The lowest BCUT2D eigenvalue weighted by Gasteiger charge is -2.03. The Morgan fingerprint density at radius 2 is 1.45 bits per heavy atom. The van der Waals surface area contributed by atoms with E-state index in [0.717, 1.165) is 25.7 Å². The Bertz CT molecular complexity index is 377. The Kier molecular flexibility index (Phi) is 10.1. The first-order valence-corrected chi connectivity index (χ1v) is 7.80. The second kappa shape index (κ2) is 10.7. The van der Waals surface area contributed by atoms with Gasteiger partial charge in [0.2, 0.25) is 0 Å². The third-order valence-corrected chi connectivity index (χ3v) is 3.14. The van der Waals surface area contributed by atoms with Crippen molar-refractivity contribution >= 4 is 5.78 Å². The molecule has 0 saturated carbocycles. The van der Waals surface area contributed by atoms with Crippen molar-refractivity contribution in [1.82, 2.24) is 0 Å². The molecule has 0 aliphatic rings. The van der Waals surface area contributed by atoms with Crippen LogP contribution in [0.4, 0.5) is 0 Å². The van der Waals surface area contributed by atoms with Gasteiger partial charge in [-0.25, -0.2) is 0 Å². The van der Waals surface area contributed by atoms with E-state index in [4.69, 9.17) is 0 Å². The Balaban J connectivity index is 4.05. The quantitative estimate of drug-likeness (QED) is 0.371. The van der Waals surface area contributed by atoms with Gasteiger partial charge >= 0.3 is 0 Å². The van der Waals surface area contributed by atoms with Crippen molar-refractivity contribution < 1.29 is 4.79 Å². The fraction of sp³-hybridized carbons (Fsp3) is 0.632. The van der Waals surface area contributed by atoms with Crippen LogP contribution in [0.2, 0.25) is 0 Å². The van der Waals surface area contributed by atoms with Crippen molar-refractivity contribution in [2.75, 3.05) is 0 Å². The molecular weight excluding hydrogens is 244 g/mol. The molecule has 0 amide bonds. The van der Waals surface area contributed by atoms with Crippen LogP contribution < -0.4 is 0 Å². The lowest BCUT2D eigenvalue weighted by Crippen LogP contribution is -1.99. The number of hydrogen-bond acceptors (Lipinski definition) is 1. The van der Waals surface area contributed by atoms with E-state index in [2.05, 4.69) is 53.7 Å². The summed E-state index contributed by atoms with van der Waals surface area (Å²) in [5, 5.41) is 0. The van der Waals surface area contributed by atoms with Gasteiger partial charge in [-0.1, -0.05) is 42.7 Å². The van der Waals surface area contributed by atoms with Gasteiger partial charge in [0.05, 0.1) is 0 Å². The van der Waals surface area contributed by atoms with Gasteiger partial charge in [-0.3, -0.25) is 4.79 Å².